The van der Waals surface area contributed by atoms with Gasteiger partial charge in [-0.1, -0.05) is 47.4 Å². The molecule has 2 N–H and O–H groups in total. The Kier molecular flexibility index (Phi) is 6.96. The number of carbonyl (C=O) groups excluding carboxylic acids is 2. The molecule has 1 heterocycles. The van der Waals surface area contributed by atoms with E-state index in [1.54, 1.807) is 28.9 Å². The van der Waals surface area contributed by atoms with Gasteiger partial charge in [-0.25, -0.2) is 4.68 Å². The summed E-state index contributed by atoms with van der Waals surface area (Å²) in [5.74, 6) is -0.146. The molecular formula is C19H18N4O2S3. The number of hydrogen-bond acceptors (Lipinski definition) is 6. The zero-order valence-corrected chi connectivity index (χ0v) is 17.5. The number of amides is 2. The summed E-state index contributed by atoms with van der Waals surface area (Å²) in [5, 5.41) is 10.0. The van der Waals surface area contributed by atoms with Crippen LogP contribution in [0.3, 0.4) is 0 Å². The standard InChI is InChI=1S/C19H18N4O2S3/c1-2-20-17(25)13-7-6-8-14(11-13)21-16(24)12-27-18-22-23(19(26)28-18)15-9-4-3-5-10-15/h3-11H,2,12H2,1H3,(H,20,25)(H,21,24). The Morgan fingerprint density at radius 2 is 1.96 bits per heavy atom. The third kappa shape index (κ3) is 5.28. The Hall–Kier alpha value is -2.49. The van der Waals surface area contributed by atoms with E-state index in [1.807, 2.05) is 37.3 Å². The number of benzene rings is 2. The van der Waals surface area contributed by atoms with Crippen molar-refractivity contribution < 1.29 is 9.59 Å². The van der Waals surface area contributed by atoms with Gasteiger partial charge in [0, 0.05) is 17.8 Å². The first-order chi connectivity index (χ1) is 13.6. The third-order valence-corrected chi connectivity index (χ3v) is 5.97. The number of nitrogens with zero attached hydrogens (tertiary/aromatic N) is 2. The lowest BCUT2D eigenvalue weighted by Gasteiger charge is -2.07. The van der Waals surface area contributed by atoms with Crippen LogP contribution >= 0.6 is 35.3 Å². The van der Waals surface area contributed by atoms with Crippen LogP contribution in [-0.4, -0.2) is 33.9 Å². The van der Waals surface area contributed by atoms with E-state index >= 15 is 0 Å². The van der Waals surface area contributed by atoms with E-state index in [4.69, 9.17) is 12.2 Å². The summed E-state index contributed by atoms with van der Waals surface area (Å²) in [6.45, 7) is 2.41. The number of para-hydroxylation sites is 1. The topological polar surface area (TPSA) is 76.0 Å². The van der Waals surface area contributed by atoms with Crippen LogP contribution in [0.15, 0.2) is 58.9 Å². The van der Waals surface area contributed by atoms with Crippen molar-refractivity contribution in [2.24, 2.45) is 0 Å². The molecule has 1 aromatic heterocycles. The molecule has 0 spiro atoms. The molecule has 0 aliphatic heterocycles. The predicted octanol–water partition coefficient (Wildman–Crippen LogP) is 4.14. The summed E-state index contributed by atoms with van der Waals surface area (Å²) in [6, 6.07) is 16.5. The number of aromatic nitrogens is 2. The maximum absolute atomic E-state index is 12.3. The Balaban J connectivity index is 1.60. The van der Waals surface area contributed by atoms with E-state index < -0.39 is 0 Å². The van der Waals surface area contributed by atoms with Crippen molar-refractivity contribution >= 4 is 52.8 Å². The minimum absolute atomic E-state index is 0.167. The lowest BCUT2D eigenvalue weighted by Crippen LogP contribution is -2.23. The minimum Gasteiger partial charge on any atom is -0.352 e. The molecule has 9 heteroatoms. The highest BCUT2D eigenvalue weighted by atomic mass is 32.2. The summed E-state index contributed by atoms with van der Waals surface area (Å²) >= 11 is 8.06. The van der Waals surface area contributed by atoms with Gasteiger partial charge in [-0.15, -0.1) is 5.10 Å². The van der Waals surface area contributed by atoms with E-state index in [1.165, 1.54) is 23.1 Å². The van der Waals surface area contributed by atoms with E-state index in [0.717, 1.165) is 10.0 Å². The van der Waals surface area contributed by atoms with Gasteiger partial charge in [-0.05, 0) is 49.5 Å². The van der Waals surface area contributed by atoms with Crippen molar-refractivity contribution in [1.29, 1.82) is 0 Å². The third-order valence-electron chi connectivity index (χ3n) is 3.60. The van der Waals surface area contributed by atoms with E-state index in [0.29, 0.717) is 21.7 Å². The fraction of sp³-hybridized carbons (Fsp3) is 0.158. The number of hydrogen-bond donors (Lipinski definition) is 2. The summed E-state index contributed by atoms with van der Waals surface area (Å²) < 4.78 is 3.04. The van der Waals surface area contributed by atoms with Crippen molar-refractivity contribution in [1.82, 2.24) is 15.1 Å². The van der Waals surface area contributed by atoms with E-state index in [-0.39, 0.29) is 17.6 Å². The Morgan fingerprint density at radius 3 is 2.71 bits per heavy atom. The maximum atomic E-state index is 12.3. The molecule has 28 heavy (non-hydrogen) atoms. The molecule has 2 aromatic carbocycles. The number of carbonyl (C=O) groups is 2. The van der Waals surface area contributed by atoms with Crippen LogP contribution in [0.4, 0.5) is 5.69 Å². The van der Waals surface area contributed by atoms with Crippen LogP contribution in [0, 0.1) is 3.95 Å². The molecule has 3 aromatic rings. The van der Waals surface area contributed by atoms with Crippen molar-refractivity contribution in [3.05, 3.63) is 64.1 Å². The van der Waals surface area contributed by atoms with Crippen LogP contribution in [0.1, 0.15) is 17.3 Å². The van der Waals surface area contributed by atoms with Gasteiger partial charge in [0.25, 0.3) is 5.91 Å². The van der Waals surface area contributed by atoms with Crippen LogP contribution in [0.25, 0.3) is 5.69 Å². The van der Waals surface area contributed by atoms with Crippen molar-refractivity contribution in [3.8, 4) is 5.69 Å². The SMILES string of the molecule is CCNC(=O)c1cccc(NC(=O)CSc2nn(-c3ccccc3)c(=S)s2)c1. The Bertz CT molecular complexity index is 1030. The van der Waals surface area contributed by atoms with Gasteiger partial charge >= 0.3 is 0 Å². The highest BCUT2D eigenvalue weighted by Crippen LogP contribution is 2.24. The predicted molar refractivity (Wildman–Crippen MR) is 116 cm³/mol. The normalized spacial score (nSPS) is 10.5. The second kappa shape index (κ2) is 9.63. The average molecular weight is 431 g/mol. The molecule has 0 unspecified atom stereocenters. The van der Waals surface area contributed by atoms with E-state index in [2.05, 4.69) is 15.7 Å². The second-order valence-corrected chi connectivity index (χ2v) is 8.50. The highest BCUT2D eigenvalue weighted by molar-refractivity contribution is 8.01. The molecule has 2 amide bonds. The van der Waals surface area contributed by atoms with Gasteiger partial charge in [0.2, 0.25) is 5.91 Å². The molecule has 0 aliphatic rings. The first-order valence-corrected chi connectivity index (χ1v) is 10.7. The zero-order chi connectivity index (χ0) is 19.9. The summed E-state index contributed by atoms with van der Waals surface area (Å²) in [4.78, 5) is 24.2. The monoisotopic (exact) mass is 430 g/mol. The molecule has 144 valence electrons. The molecule has 0 atom stereocenters. The van der Waals surface area contributed by atoms with Gasteiger partial charge in [0.1, 0.15) is 0 Å². The highest BCUT2D eigenvalue weighted by Gasteiger charge is 2.11. The molecule has 0 saturated heterocycles. The minimum atomic E-state index is -0.176. The fourth-order valence-corrected chi connectivity index (χ4v) is 4.54. The molecule has 0 fully saturated rings. The van der Waals surface area contributed by atoms with Crippen molar-refractivity contribution in [3.63, 3.8) is 0 Å². The van der Waals surface area contributed by atoms with E-state index in [9.17, 15) is 9.59 Å². The second-order valence-electron chi connectivity index (χ2n) is 5.66. The van der Waals surface area contributed by atoms with Crippen LogP contribution in [-0.2, 0) is 4.79 Å². The Labute approximate surface area is 176 Å². The smallest absolute Gasteiger partial charge is 0.251 e. The van der Waals surface area contributed by atoms with Crippen molar-refractivity contribution in [2.75, 3.05) is 17.6 Å². The first kappa shape index (κ1) is 20.2. The van der Waals surface area contributed by atoms with Gasteiger partial charge in [-0.2, -0.15) is 0 Å². The van der Waals surface area contributed by atoms with Gasteiger partial charge < -0.3 is 10.6 Å². The van der Waals surface area contributed by atoms with Crippen LogP contribution in [0.5, 0.6) is 0 Å². The first-order valence-electron chi connectivity index (χ1n) is 8.53. The molecular weight excluding hydrogens is 412 g/mol. The molecule has 0 aliphatic carbocycles. The molecule has 0 saturated carbocycles. The van der Waals surface area contributed by atoms with Crippen molar-refractivity contribution in [2.45, 2.75) is 11.3 Å². The number of anilines is 1. The fourth-order valence-electron chi connectivity index (χ4n) is 2.38. The quantitative estimate of drug-likeness (QED) is 0.435. The van der Waals surface area contributed by atoms with Gasteiger partial charge in [0.05, 0.1) is 11.4 Å². The molecule has 6 nitrogen and oxygen atoms in total. The average Bonchev–Trinajstić information content (AvgIpc) is 3.08. The zero-order valence-electron chi connectivity index (χ0n) is 15.0. The lowest BCUT2D eigenvalue weighted by molar-refractivity contribution is -0.113. The maximum Gasteiger partial charge on any atom is 0.251 e. The summed E-state index contributed by atoms with van der Waals surface area (Å²) in [5.41, 5.74) is 1.98. The number of nitrogens with one attached hydrogen (secondary N) is 2. The molecule has 0 radical (unpaired) electrons. The van der Waals surface area contributed by atoms with Gasteiger partial charge in [0.15, 0.2) is 8.29 Å². The largest absolute Gasteiger partial charge is 0.352 e. The molecule has 3 rings (SSSR count). The summed E-state index contributed by atoms with van der Waals surface area (Å²) in [6.07, 6.45) is 0. The van der Waals surface area contributed by atoms with Gasteiger partial charge in [-0.3, -0.25) is 9.59 Å². The lowest BCUT2D eigenvalue weighted by atomic mass is 10.2. The van der Waals surface area contributed by atoms with Crippen LogP contribution in [0.2, 0.25) is 0 Å². The number of thioether (sulfide) groups is 1. The molecule has 0 bridgehead atoms. The Morgan fingerprint density at radius 1 is 1.18 bits per heavy atom. The van der Waals surface area contributed by atoms with Crippen LogP contribution < -0.4 is 10.6 Å². The number of rotatable bonds is 7. The summed E-state index contributed by atoms with van der Waals surface area (Å²) in [7, 11) is 0.